The van der Waals surface area contributed by atoms with E-state index in [1.165, 1.54) is 0 Å². The van der Waals surface area contributed by atoms with Crippen molar-refractivity contribution in [3.05, 3.63) is 24.9 Å². The normalized spacial score (nSPS) is 9.94. The van der Waals surface area contributed by atoms with Gasteiger partial charge < -0.3 is 10.1 Å². The predicted octanol–water partition coefficient (Wildman–Crippen LogP) is 2.60. The first-order valence-electron chi connectivity index (χ1n) is 5.75. The molecule has 0 bridgehead atoms. The summed E-state index contributed by atoms with van der Waals surface area (Å²) in [7, 11) is 0. The third-order valence-corrected chi connectivity index (χ3v) is 2.81. The highest BCUT2D eigenvalue weighted by Crippen LogP contribution is 2.08. The summed E-state index contributed by atoms with van der Waals surface area (Å²) in [6.07, 6.45) is 4.59. The SMILES string of the molecule is C=CCSCCNc1nccc(OCCC)n1. The molecule has 0 saturated carbocycles. The average Bonchev–Trinajstić information content (AvgIpc) is 2.37. The van der Waals surface area contributed by atoms with Crippen LogP contribution in [0.3, 0.4) is 0 Å². The summed E-state index contributed by atoms with van der Waals surface area (Å²) in [5, 5.41) is 3.16. The summed E-state index contributed by atoms with van der Waals surface area (Å²) in [5.41, 5.74) is 0. The molecule has 0 saturated heterocycles. The highest BCUT2D eigenvalue weighted by molar-refractivity contribution is 7.99. The van der Waals surface area contributed by atoms with Crippen LogP contribution in [0.15, 0.2) is 24.9 Å². The maximum Gasteiger partial charge on any atom is 0.225 e. The van der Waals surface area contributed by atoms with Crippen LogP contribution in [-0.2, 0) is 0 Å². The topological polar surface area (TPSA) is 47.0 Å². The van der Waals surface area contributed by atoms with Crippen LogP contribution in [0.4, 0.5) is 5.95 Å². The van der Waals surface area contributed by atoms with Gasteiger partial charge in [0.2, 0.25) is 11.8 Å². The lowest BCUT2D eigenvalue weighted by Crippen LogP contribution is -2.08. The van der Waals surface area contributed by atoms with E-state index in [-0.39, 0.29) is 0 Å². The van der Waals surface area contributed by atoms with Crippen LogP contribution in [0.25, 0.3) is 0 Å². The summed E-state index contributed by atoms with van der Waals surface area (Å²) in [4.78, 5) is 8.39. The van der Waals surface area contributed by atoms with E-state index in [1.807, 2.05) is 17.8 Å². The lowest BCUT2D eigenvalue weighted by Gasteiger charge is -2.06. The monoisotopic (exact) mass is 253 g/mol. The number of thioether (sulfide) groups is 1. The highest BCUT2D eigenvalue weighted by Gasteiger charge is 1.98. The van der Waals surface area contributed by atoms with Crippen molar-refractivity contribution in [3.63, 3.8) is 0 Å². The van der Waals surface area contributed by atoms with E-state index in [2.05, 4.69) is 28.8 Å². The van der Waals surface area contributed by atoms with Gasteiger partial charge in [-0.15, -0.1) is 6.58 Å². The first-order valence-corrected chi connectivity index (χ1v) is 6.90. The maximum absolute atomic E-state index is 5.43. The molecule has 1 heterocycles. The van der Waals surface area contributed by atoms with Crippen LogP contribution in [0, 0.1) is 0 Å². The van der Waals surface area contributed by atoms with Gasteiger partial charge in [0.15, 0.2) is 0 Å². The number of aromatic nitrogens is 2. The summed E-state index contributed by atoms with van der Waals surface area (Å²) in [6.45, 7) is 7.27. The van der Waals surface area contributed by atoms with Gasteiger partial charge in [-0.2, -0.15) is 16.7 Å². The molecule has 0 spiro atoms. The van der Waals surface area contributed by atoms with Crippen molar-refractivity contribution in [3.8, 4) is 5.88 Å². The van der Waals surface area contributed by atoms with Gasteiger partial charge in [0.05, 0.1) is 6.61 Å². The molecule has 0 unspecified atom stereocenters. The molecule has 0 radical (unpaired) electrons. The van der Waals surface area contributed by atoms with Gasteiger partial charge in [0, 0.05) is 30.3 Å². The molecule has 0 aliphatic heterocycles. The third kappa shape index (κ3) is 6.16. The summed E-state index contributed by atoms with van der Waals surface area (Å²) >= 11 is 1.82. The Hall–Kier alpha value is -1.23. The Labute approximate surface area is 107 Å². The fraction of sp³-hybridized carbons (Fsp3) is 0.500. The zero-order valence-corrected chi connectivity index (χ0v) is 11.0. The van der Waals surface area contributed by atoms with E-state index in [0.717, 1.165) is 24.5 Å². The predicted molar refractivity (Wildman–Crippen MR) is 73.8 cm³/mol. The molecule has 5 heteroatoms. The number of hydrogen-bond acceptors (Lipinski definition) is 5. The lowest BCUT2D eigenvalue weighted by molar-refractivity contribution is 0.305. The van der Waals surface area contributed by atoms with Gasteiger partial charge in [-0.25, -0.2) is 4.98 Å². The van der Waals surface area contributed by atoms with Crippen molar-refractivity contribution in [1.82, 2.24) is 9.97 Å². The standard InChI is InChI=1S/C12H19N3OS/c1-3-8-16-11-5-6-13-12(15-11)14-7-10-17-9-4-2/h4-6H,2-3,7-10H2,1H3,(H,13,14,15). The fourth-order valence-electron chi connectivity index (χ4n) is 1.12. The van der Waals surface area contributed by atoms with Gasteiger partial charge in [0.1, 0.15) is 0 Å². The number of nitrogens with zero attached hydrogens (tertiary/aromatic N) is 2. The van der Waals surface area contributed by atoms with Crippen LogP contribution in [0.2, 0.25) is 0 Å². The molecule has 17 heavy (non-hydrogen) atoms. The minimum atomic E-state index is 0.623. The van der Waals surface area contributed by atoms with Crippen molar-refractivity contribution in [2.45, 2.75) is 13.3 Å². The van der Waals surface area contributed by atoms with Crippen LogP contribution < -0.4 is 10.1 Å². The van der Waals surface area contributed by atoms with Crippen LogP contribution in [0.1, 0.15) is 13.3 Å². The Balaban J connectivity index is 2.29. The van der Waals surface area contributed by atoms with Crippen molar-refractivity contribution in [2.75, 3.05) is 30.0 Å². The summed E-state index contributed by atoms with van der Waals surface area (Å²) in [5.74, 6) is 3.23. The van der Waals surface area contributed by atoms with E-state index >= 15 is 0 Å². The zero-order chi connectivity index (χ0) is 12.3. The van der Waals surface area contributed by atoms with Gasteiger partial charge in [-0.3, -0.25) is 0 Å². The van der Waals surface area contributed by atoms with E-state index in [1.54, 1.807) is 12.3 Å². The Morgan fingerprint density at radius 3 is 3.24 bits per heavy atom. The minimum absolute atomic E-state index is 0.623. The lowest BCUT2D eigenvalue weighted by atomic mass is 10.5. The summed E-state index contributed by atoms with van der Waals surface area (Å²) in [6, 6.07) is 1.77. The largest absolute Gasteiger partial charge is 0.478 e. The average molecular weight is 253 g/mol. The molecule has 0 aliphatic carbocycles. The van der Waals surface area contributed by atoms with Gasteiger partial charge in [-0.1, -0.05) is 13.0 Å². The quantitative estimate of drug-likeness (QED) is 0.541. The smallest absolute Gasteiger partial charge is 0.225 e. The van der Waals surface area contributed by atoms with Gasteiger partial charge in [-0.05, 0) is 6.42 Å². The van der Waals surface area contributed by atoms with Crippen molar-refractivity contribution in [1.29, 1.82) is 0 Å². The van der Waals surface area contributed by atoms with Crippen molar-refractivity contribution in [2.24, 2.45) is 0 Å². The number of ether oxygens (including phenoxy) is 1. The third-order valence-electron chi connectivity index (χ3n) is 1.85. The van der Waals surface area contributed by atoms with E-state index in [4.69, 9.17) is 4.74 Å². The number of anilines is 1. The second-order valence-corrected chi connectivity index (χ2v) is 4.51. The molecule has 1 aromatic heterocycles. The molecule has 4 nitrogen and oxygen atoms in total. The van der Waals surface area contributed by atoms with Crippen LogP contribution in [-0.4, -0.2) is 34.6 Å². The minimum Gasteiger partial charge on any atom is -0.478 e. The Morgan fingerprint density at radius 2 is 2.47 bits per heavy atom. The molecule has 0 aromatic carbocycles. The molecule has 0 fully saturated rings. The van der Waals surface area contributed by atoms with E-state index < -0.39 is 0 Å². The Bertz CT molecular complexity index is 333. The molecule has 1 aromatic rings. The molecular weight excluding hydrogens is 234 g/mol. The molecular formula is C12H19N3OS. The Morgan fingerprint density at radius 1 is 1.59 bits per heavy atom. The Kier molecular flexibility index (Phi) is 7.22. The van der Waals surface area contributed by atoms with Gasteiger partial charge >= 0.3 is 0 Å². The van der Waals surface area contributed by atoms with Crippen molar-refractivity contribution < 1.29 is 4.74 Å². The number of hydrogen-bond donors (Lipinski definition) is 1. The molecule has 94 valence electrons. The molecule has 1 rings (SSSR count). The maximum atomic E-state index is 5.43. The number of nitrogens with one attached hydrogen (secondary N) is 1. The summed E-state index contributed by atoms with van der Waals surface area (Å²) < 4.78 is 5.43. The van der Waals surface area contributed by atoms with E-state index in [0.29, 0.717) is 18.4 Å². The van der Waals surface area contributed by atoms with Gasteiger partial charge in [0.25, 0.3) is 0 Å². The fourth-order valence-corrected chi connectivity index (χ4v) is 1.70. The first-order chi connectivity index (χ1) is 8.36. The highest BCUT2D eigenvalue weighted by atomic mass is 32.2. The molecule has 1 N–H and O–H groups in total. The molecule has 0 aliphatic rings. The van der Waals surface area contributed by atoms with Crippen LogP contribution >= 0.6 is 11.8 Å². The number of rotatable bonds is 9. The second-order valence-electron chi connectivity index (χ2n) is 3.36. The van der Waals surface area contributed by atoms with Crippen molar-refractivity contribution >= 4 is 17.7 Å². The van der Waals surface area contributed by atoms with E-state index in [9.17, 15) is 0 Å². The van der Waals surface area contributed by atoms with Crippen LogP contribution in [0.5, 0.6) is 5.88 Å². The first kappa shape index (κ1) is 13.8. The molecule has 0 amide bonds. The zero-order valence-electron chi connectivity index (χ0n) is 10.2. The molecule has 0 atom stereocenters. The second kappa shape index (κ2) is 8.87.